The van der Waals surface area contributed by atoms with Crippen LogP contribution >= 0.6 is 0 Å². The van der Waals surface area contributed by atoms with E-state index in [2.05, 4.69) is 15.5 Å². The van der Waals surface area contributed by atoms with Gasteiger partial charge in [0.1, 0.15) is 0 Å². The molecule has 1 amide bonds. The molecule has 0 aliphatic carbocycles. The SMILES string of the molecule is CCCCOC(=O)c1cc2c(nn1)C[C@@H](CC)C(=O)N2. The minimum atomic E-state index is -0.499. The van der Waals surface area contributed by atoms with Crippen LogP contribution in [-0.4, -0.2) is 28.7 Å². The minimum absolute atomic E-state index is 0.0294. The Labute approximate surface area is 117 Å². The molecule has 1 atom stereocenters. The lowest BCUT2D eigenvalue weighted by atomic mass is 9.95. The fourth-order valence-corrected chi connectivity index (χ4v) is 2.05. The Morgan fingerprint density at radius 3 is 2.95 bits per heavy atom. The number of ether oxygens (including phenoxy) is 1. The summed E-state index contributed by atoms with van der Waals surface area (Å²) in [6.45, 7) is 4.35. The lowest BCUT2D eigenvalue weighted by Crippen LogP contribution is -2.30. The number of esters is 1. The van der Waals surface area contributed by atoms with Crippen molar-refractivity contribution in [3.8, 4) is 0 Å². The van der Waals surface area contributed by atoms with E-state index in [9.17, 15) is 9.59 Å². The Hall–Kier alpha value is -1.98. The van der Waals surface area contributed by atoms with Crippen molar-refractivity contribution < 1.29 is 14.3 Å². The summed E-state index contributed by atoms with van der Waals surface area (Å²) in [5.74, 6) is -0.599. The van der Waals surface area contributed by atoms with Gasteiger partial charge < -0.3 is 10.1 Å². The Morgan fingerprint density at radius 2 is 2.25 bits per heavy atom. The third-order valence-electron chi connectivity index (χ3n) is 3.37. The van der Waals surface area contributed by atoms with E-state index in [1.54, 1.807) is 6.07 Å². The van der Waals surface area contributed by atoms with Crippen molar-refractivity contribution >= 4 is 17.6 Å². The van der Waals surface area contributed by atoms with Crippen LogP contribution in [0, 0.1) is 5.92 Å². The number of unbranched alkanes of at least 4 members (excludes halogenated alkanes) is 1. The molecule has 20 heavy (non-hydrogen) atoms. The summed E-state index contributed by atoms with van der Waals surface area (Å²) in [5.41, 5.74) is 1.42. The number of nitrogens with zero attached hydrogens (tertiary/aromatic N) is 2. The zero-order chi connectivity index (χ0) is 14.5. The van der Waals surface area contributed by atoms with Gasteiger partial charge in [0.05, 0.1) is 18.0 Å². The van der Waals surface area contributed by atoms with E-state index < -0.39 is 5.97 Å². The highest BCUT2D eigenvalue weighted by atomic mass is 16.5. The predicted molar refractivity (Wildman–Crippen MR) is 73.3 cm³/mol. The third-order valence-corrected chi connectivity index (χ3v) is 3.37. The molecule has 0 saturated carbocycles. The molecular weight excluding hydrogens is 258 g/mol. The molecule has 0 saturated heterocycles. The Kier molecular flexibility index (Phi) is 4.65. The van der Waals surface area contributed by atoms with Crippen molar-refractivity contribution in [2.75, 3.05) is 11.9 Å². The first-order valence-electron chi connectivity index (χ1n) is 7.00. The Morgan fingerprint density at radius 1 is 1.45 bits per heavy atom. The van der Waals surface area contributed by atoms with Crippen LogP contribution in [0.4, 0.5) is 5.69 Å². The van der Waals surface area contributed by atoms with Crippen LogP contribution in [0.2, 0.25) is 0 Å². The van der Waals surface area contributed by atoms with Crippen molar-refractivity contribution in [2.45, 2.75) is 39.5 Å². The molecule has 1 N–H and O–H groups in total. The molecule has 0 aromatic carbocycles. The predicted octanol–water partition coefficient (Wildman–Crippen LogP) is 1.95. The zero-order valence-electron chi connectivity index (χ0n) is 11.8. The number of rotatable bonds is 5. The normalized spacial score (nSPS) is 17.3. The summed E-state index contributed by atoms with van der Waals surface area (Å²) in [5, 5.41) is 10.7. The van der Waals surface area contributed by atoms with Crippen molar-refractivity contribution in [1.82, 2.24) is 10.2 Å². The molecular formula is C14H19N3O3. The second kappa shape index (κ2) is 6.45. The van der Waals surface area contributed by atoms with Gasteiger partial charge in [-0.25, -0.2) is 4.79 Å². The number of hydrogen-bond acceptors (Lipinski definition) is 5. The second-order valence-electron chi connectivity index (χ2n) is 4.88. The standard InChI is InChI=1S/C14H19N3O3/c1-3-5-6-20-14(19)12-8-10-11(16-17-12)7-9(4-2)13(18)15-10/h8-9H,3-7H2,1-2H3,(H,15,18)/t9-/m1/s1. The Balaban J connectivity index is 2.10. The summed E-state index contributed by atoms with van der Waals surface area (Å²) < 4.78 is 5.07. The van der Waals surface area contributed by atoms with Gasteiger partial charge in [0, 0.05) is 12.3 Å². The van der Waals surface area contributed by atoms with Crippen molar-refractivity contribution in [1.29, 1.82) is 0 Å². The van der Waals surface area contributed by atoms with Crippen LogP contribution < -0.4 is 5.32 Å². The van der Waals surface area contributed by atoms with E-state index >= 15 is 0 Å². The highest BCUT2D eigenvalue weighted by molar-refractivity contribution is 5.97. The van der Waals surface area contributed by atoms with Crippen molar-refractivity contribution in [3.63, 3.8) is 0 Å². The maximum absolute atomic E-state index is 11.8. The van der Waals surface area contributed by atoms with Crippen LogP contribution in [0.1, 0.15) is 49.3 Å². The van der Waals surface area contributed by atoms with Crippen LogP contribution in [0.5, 0.6) is 0 Å². The third kappa shape index (κ3) is 3.12. The number of amides is 1. The fraction of sp³-hybridized carbons (Fsp3) is 0.571. The number of nitrogens with one attached hydrogen (secondary N) is 1. The van der Waals surface area contributed by atoms with Crippen LogP contribution in [-0.2, 0) is 16.0 Å². The highest BCUT2D eigenvalue weighted by Crippen LogP contribution is 2.25. The molecule has 0 bridgehead atoms. The largest absolute Gasteiger partial charge is 0.461 e. The highest BCUT2D eigenvalue weighted by Gasteiger charge is 2.27. The number of aromatic nitrogens is 2. The number of fused-ring (bicyclic) bond motifs is 1. The molecule has 1 aliphatic rings. The average Bonchev–Trinajstić information content (AvgIpc) is 2.46. The fourth-order valence-electron chi connectivity index (χ4n) is 2.05. The molecule has 0 radical (unpaired) electrons. The molecule has 2 rings (SSSR count). The molecule has 1 aliphatic heterocycles. The smallest absolute Gasteiger partial charge is 0.358 e. The van der Waals surface area contributed by atoms with Gasteiger partial charge in [0.15, 0.2) is 5.69 Å². The van der Waals surface area contributed by atoms with E-state index in [1.165, 1.54) is 0 Å². The molecule has 2 heterocycles. The van der Waals surface area contributed by atoms with E-state index in [0.717, 1.165) is 25.0 Å². The average molecular weight is 277 g/mol. The molecule has 0 spiro atoms. The van der Waals surface area contributed by atoms with Gasteiger partial charge in [-0.1, -0.05) is 20.3 Å². The molecule has 0 unspecified atom stereocenters. The molecule has 6 nitrogen and oxygen atoms in total. The lowest BCUT2D eigenvalue weighted by molar-refractivity contribution is -0.120. The summed E-state index contributed by atoms with van der Waals surface area (Å²) in [7, 11) is 0. The first-order chi connectivity index (χ1) is 9.65. The van der Waals surface area contributed by atoms with E-state index in [-0.39, 0.29) is 17.5 Å². The van der Waals surface area contributed by atoms with Gasteiger partial charge >= 0.3 is 5.97 Å². The van der Waals surface area contributed by atoms with Gasteiger partial charge in [-0.3, -0.25) is 4.79 Å². The molecule has 1 aromatic heterocycles. The topological polar surface area (TPSA) is 81.2 Å². The maximum Gasteiger partial charge on any atom is 0.358 e. The summed E-state index contributed by atoms with van der Waals surface area (Å²) in [6, 6.07) is 1.54. The molecule has 1 aromatic rings. The monoisotopic (exact) mass is 277 g/mol. The van der Waals surface area contributed by atoms with Gasteiger partial charge in [0.25, 0.3) is 0 Å². The summed E-state index contributed by atoms with van der Waals surface area (Å²) in [4.78, 5) is 23.6. The summed E-state index contributed by atoms with van der Waals surface area (Å²) >= 11 is 0. The Bertz CT molecular complexity index is 516. The van der Waals surface area contributed by atoms with E-state index in [1.807, 2.05) is 13.8 Å². The number of carbonyl (C=O) groups excluding carboxylic acids is 2. The second-order valence-corrected chi connectivity index (χ2v) is 4.88. The molecule has 108 valence electrons. The van der Waals surface area contributed by atoms with Crippen LogP contribution in [0.3, 0.4) is 0 Å². The number of anilines is 1. The van der Waals surface area contributed by atoms with E-state index in [0.29, 0.717) is 18.7 Å². The molecule has 6 heteroatoms. The van der Waals surface area contributed by atoms with Crippen molar-refractivity contribution in [3.05, 3.63) is 17.5 Å². The zero-order valence-corrected chi connectivity index (χ0v) is 11.8. The minimum Gasteiger partial charge on any atom is -0.461 e. The molecule has 0 fully saturated rings. The quantitative estimate of drug-likeness (QED) is 0.657. The van der Waals surface area contributed by atoms with Gasteiger partial charge in [-0.05, 0) is 18.9 Å². The number of hydrogen-bond donors (Lipinski definition) is 1. The summed E-state index contributed by atoms with van der Waals surface area (Å²) in [6.07, 6.45) is 3.10. The maximum atomic E-state index is 11.8. The first-order valence-corrected chi connectivity index (χ1v) is 7.00. The van der Waals surface area contributed by atoms with Gasteiger partial charge in [-0.15, -0.1) is 5.10 Å². The van der Waals surface area contributed by atoms with E-state index in [4.69, 9.17) is 4.74 Å². The number of carbonyl (C=O) groups is 2. The van der Waals surface area contributed by atoms with Gasteiger partial charge in [0.2, 0.25) is 5.91 Å². The van der Waals surface area contributed by atoms with Gasteiger partial charge in [-0.2, -0.15) is 5.10 Å². The first kappa shape index (κ1) is 14.4. The van der Waals surface area contributed by atoms with Crippen LogP contribution in [0.15, 0.2) is 6.07 Å². The van der Waals surface area contributed by atoms with Crippen molar-refractivity contribution in [2.24, 2.45) is 5.92 Å². The lowest BCUT2D eigenvalue weighted by Gasteiger charge is -2.22. The van der Waals surface area contributed by atoms with Crippen LogP contribution in [0.25, 0.3) is 0 Å².